The number of nitrogens with zero attached hydrogens (tertiary/aromatic N) is 1. The van der Waals surface area contributed by atoms with Gasteiger partial charge in [-0.05, 0) is 41.9 Å². The Labute approximate surface area is 114 Å². The standard InChI is InChI=1S/C16H21NO2/c1-16(2)10-17(14(16)12-6-7-12)9-11-4-3-5-13(8-11)15(18)19/h3-5,8,12,14H,6-7,9-10H2,1-2H3,(H,18,19). The molecule has 1 aromatic carbocycles. The molecule has 3 heteroatoms. The van der Waals surface area contributed by atoms with Crippen molar-refractivity contribution in [1.29, 1.82) is 0 Å². The minimum atomic E-state index is -0.843. The average molecular weight is 259 g/mol. The highest BCUT2D eigenvalue weighted by Gasteiger charge is 2.52. The summed E-state index contributed by atoms with van der Waals surface area (Å²) in [5.74, 6) is 0.0240. The lowest BCUT2D eigenvalue weighted by atomic mass is 9.72. The van der Waals surface area contributed by atoms with Crippen LogP contribution in [-0.4, -0.2) is 28.6 Å². The predicted molar refractivity (Wildman–Crippen MR) is 74.1 cm³/mol. The zero-order chi connectivity index (χ0) is 13.6. The Morgan fingerprint density at radius 3 is 2.74 bits per heavy atom. The highest BCUT2D eigenvalue weighted by molar-refractivity contribution is 5.87. The van der Waals surface area contributed by atoms with E-state index >= 15 is 0 Å². The monoisotopic (exact) mass is 259 g/mol. The second kappa shape index (κ2) is 4.34. The first-order valence-electron chi connectivity index (χ1n) is 7.04. The second-order valence-corrected chi connectivity index (χ2v) is 6.68. The summed E-state index contributed by atoms with van der Waals surface area (Å²) >= 11 is 0. The summed E-state index contributed by atoms with van der Waals surface area (Å²) < 4.78 is 0. The maximum atomic E-state index is 11.0. The number of hydrogen-bond acceptors (Lipinski definition) is 2. The number of hydrogen-bond donors (Lipinski definition) is 1. The summed E-state index contributed by atoms with van der Waals surface area (Å²) in [7, 11) is 0. The van der Waals surface area contributed by atoms with Gasteiger partial charge in [0.25, 0.3) is 0 Å². The van der Waals surface area contributed by atoms with Crippen molar-refractivity contribution in [3.63, 3.8) is 0 Å². The van der Waals surface area contributed by atoms with Crippen LogP contribution in [0.15, 0.2) is 24.3 Å². The molecule has 1 N–H and O–H groups in total. The molecule has 2 fully saturated rings. The Morgan fingerprint density at radius 1 is 1.42 bits per heavy atom. The summed E-state index contributed by atoms with van der Waals surface area (Å²) in [5.41, 5.74) is 1.92. The minimum Gasteiger partial charge on any atom is -0.478 e. The quantitative estimate of drug-likeness (QED) is 0.903. The number of benzene rings is 1. The molecule has 1 unspecified atom stereocenters. The number of rotatable bonds is 4. The average Bonchev–Trinajstić information content (AvgIpc) is 3.12. The van der Waals surface area contributed by atoms with Gasteiger partial charge in [-0.1, -0.05) is 26.0 Å². The molecular weight excluding hydrogens is 238 g/mol. The molecule has 0 spiro atoms. The van der Waals surface area contributed by atoms with E-state index in [4.69, 9.17) is 5.11 Å². The van der Waals surface area contributed by atoms with Crippen LogP contribution < -0.4 is 0 Å². The van der Waals surface area contributed by atoms with Crippen LogP contribution >= 0.6 is 0 Å². The van der Waals surface area contributed by atoms with Crippen LogP contribution in [0.4, 0.5) is 0 Å². The van der Waals surface area contributed by atoms with Gasteiger partial charge in [0.2, 0.25) is 0 Å². The Kier molecular flexibility index (Phi) is 2.90. The third-order valence-corrected chi connectivity index (χ3v) is 4.43. The van der Waals surface area contributed by atoms with Crippen molar-refractivity contribution in [1.82, 2.24) is 4.90 Å². The molecule has 2 aliphatic rings. The fourth-order valence-electron chi connectivity index (χ4n) is 3.64. The molecule has 1 aliphatic carbocycles. The van der Waals surface area contributed by atoms with Crippen molar-refractivity contribution in [3.05, 3.63) is 35.4 Å². The van der Waals surface area contributed by atoms with Gasteiger partial charge in [0.05, 0.1) is 5.56 Å². The van der Waals surface area contributed by atoms with Gasteiger partial charge in [-0.25, -0.2) is 4.79 Å². The fourth-order valence-corrected chi connectivity index (χ4v) is 3.64. The molecule has 0 bridgehead atoms. The molecule has 19 heavy (non-hydrogen) atoms. The minimum absolute atomic E-state index is 0.389. The van der Waals surface area contributed by atoms with Crippen LogP contribution in [-0.2, 0) is 6.54 Å². The van der Waals surface area contributed by atoms with E-state index < -0.39 is 5.97 Å². The summed E-state index contributed by atoms with van der Waals surface area (Å²) in [6.07, 6.45) is 2.72. The number of carbonyl (C=O) groups is 1. The highest BCUT2D eigenvalue weighted by Crippen LogP contribution is 2.50. The van der Waals surface area contributed by atoms with E-state index in [2.05, 4.69) is 18.7 Å². The smallest absolute Gasteiger partial charge is 0.335 e. The van der Waals surface area contributed by atoms with Crippen molar-refractivity contribution in [2.75, 3.05) is 6.54 Å². The Balaban J connectivity index is 1.72. The molecule has 1 heterocycles. The van der Waals surface area contributed by atoms with E-state index in [1.54, 1.807) is 12.1 Å². The highest BCUT2D eigenvalue weighted by atomic mass is 16.4. The first-order chi connectivity index (χ1) is 8.97. The van der Waals surface area contributed by atoms with E-state index in [1.807, 2.05) is 12.1 Å². The summed E-state index contributed by atoms with van der Waals surface area (Å²) in [6, 6.07) is 8.01. The zero-order valence-corrected chi connectivity index (χ0v) is 11.6. The second-order valence-electron chi connectivity index (χ2n) is 6.68. The van der Waals surface area contributed by atoms with E-state index in [1.165, 1.54) is 12.8 Å². The van der Waals surface area contributed by atoms with Crippen LogP contribution in [0.3, 0.4) is 0 Å². The molecule has 1 atom stereocenters. The van der Waals surface area contributed by atoms with Crippen LogP contribution in [0.5, 0.6) is 0 Å². The van der Waals surface area contributed by atoms with Gasteiger partial charge in [0.15, 0.2) is 0 Å². The van der Waals surface area contributed by atoms with Crippen LogP contribution in [0, 0.1) is 11.3 Å². The third kappa shape index (κ3) is 2.39. The first-order valence-corrected chi connectivity index (χ1v) is 7.04. The number of aromatic carboxylic acids is 1. The number of carboxylic acid groups (broad SMARTS) is 1. The van der Waals surface area contributed by atoms with Gasteiger partial charge < -0.3 is 5.11 Å². The summed E-state index contributed by atoms with van der Waals surface area (Å²) in [4.78, 5) is 13.5. The Bertz CT molecular complexity index is 505. The molecular formula is C16H21NO2. The Morgan fingerprint density at radius 2 is 2.16 bits per heavy atom. The van der Waals surface area contributed by atoms with Gasteiger partial charge in [-0.15, -0.1) is 0 Å². The van der Waals surface area contributed by atoms with Gasteiger partial charge in [0.1, 0.15) is 0 Å². The lowest BCUT2D eigenvalue weighted by Crippen LogP contribution is -2.62. The zero-order valence-electron chi connectivity index (χ0n) is 11.6. The van der Waals surface area contributed by atoms with Gasteiger partial charge in [-0.2, -0.15) is 0 Å². The molecule has 3 rings (SSSR count). The van der Waals surface area contributed by atoms with E-state index in [9.17, 15) is 4.79 Å². The van der Waals surface area contributed by atoms with Crippen molar-refractivity contribution in [3.8, 4) is 0 Å². The molecule has 1 saturated heterocycles. The molecule has 1 aromatic rings. The molecule has 0 radical (unpaired) electrons. The topological polar surface area (TPSA) is 40.5 Å². The fraction of sp³-hybridized carbons (Fsp3) is 0.562. The first kappa shape index (κ1) is 12.7. The number of likely N-dealkylation sites (tertiary alicyclic amines) is 1. The largest absolute Gasteiger partial charge is 0.478 e. The van der Waals surface area contributed by atoms with Gasteiger partial charge in [0, 0.05) is 19.1 Å². The maximum Gasteiger partial charge on any atom is 0.335 e. The van der Waals surface area contributed by atoms with Crippen molar-refractivity contribution in [2.24, 2.45) is 11.3 Å². The van der Waals surface area contributed by atoms with Crippen molar-refractivity contribution in [2.45, 2.75) is 39.3 Å². The predicted octanol–water partition coefficient (Wildman–Crippen LogP) is 3.01. The maximum absolute atomic E-state index is 11.0. The lowest BCUT2D eigenvalue weighted by molar-refractivity contribution is -0.0684. The normalized spacial score (nSPS) is 25.9. The molecule has 1 saturated carbocycles. The van der Waals surface area contributed by atoms with Crippen LogP contribution in [0.25, 0.3) is 0 Å². The van der Waals surface area contributed by atoms with Crippen LogP contribution in [0.1, 0.15) is 42.6 Å². The molecule has 102 valence electrons. The molecule has 3 nitrogen and oxygen atoms in total. The van der Waals surface area contributed by atoms with Crippen molar-refractivity contribution >= 4 is 5.97 Å². The van der Waals surface area contributed by atoms with E-state index in [-0.39, 0.29) is 0 Å². The summed E-state index contributed by atoms with van der Waals surface area (Å²) in [6.45, 7) is 6.69. The van der Waals surface area contributed by atoms with Crippen LogP contribution in [0.2, 0.25) is 0 Å². The number of carboxylic acids is 1. The van der Waals surface area contributed by atoms with E-state index in [0.29, 0.717) is 17.0 Å². The Hall–Kier alpha value is -1.35. The van der Waals surface area contributed by atoms with E-state index in [0.717, 1.165) is 24.6 Å². The van der Waals surface area contributed by atoms with Crippen molar-refractivity contribution < 1.29 is 9.90 Å². The SMILES string of the molecule is CC1(C)CN(Cc2cccc(C(=O)O)c2)C1C1CC1. The molecule has 0 amide bonds. The third-order valence-electron chi connectivity index (χ3n) is 4.43. The molecule has 1 aliphatic heterocycles. The summed E-state index contributed by atoms with van der Waals surface area (Å²) in [5, 5.41) is 9.03. The lowest BCUT2D eigenvalue weighted by Gasteiger charge is -2.55. The van der Waals surface area contributed by atoms with Gasteiger partial charge >= 0.3 is 5.97 Å². The van der Waals surface area contributed by atoms with Gasteiger partial charge in [-0.3, -0.25) is 4.90 Å². The molecule has 0 aromatic heterocycles.